The zero-order chi connectivity index (χ0) is 14.2. The molecular weight excluding hydrogens is 394 g/mol. The molecule has 0 saturated carbocycles. The van der Waals surface area contributed by atoms with E-state index in [1.165, 1.54) is 6.07 Å². The van der Waals surface area contributed by atoms with Crippen LogP contribution in [0, 0.1) is 19.7 Å². The van der Waals surface area contributed by atoms with Gasteiger partial charge in [-0.05, 0) is 48.7 Å². The molecule has 0 spiro atoms. The Morgan fingerprint density at radius 2 is 1.84 bits per heavy atom. The Labute approximate surface area is 134 Å². The summed E-state index contributed by atoms with van der Waals surface area (Å²) in [5.74, 6) is -0.233. The van der Waals surface area contributed by atoms with E-state index in [0.717, 1.165) is 26.2 Å². The first-order valence-corrected chi connectivity index (χ1v) is 7.85. The molecule has 2 rings (SSSR count). The van der Waals surface area contributed by atoms with Crippen molar-refractivity contribution in [1.82, 2.24) is 0 Å². The number of aryl methyl sites for hydroxylation is 2. The minimum atomic E-state index is -0.233. The van der Waals surface area contributed by atoms with Gasteiger partial charge in [-0.1, -0.05) is 55.6 Å². The average Bonchev–Trinajstić information content (AvgIpc) is 2.33. The second-order valence-electron chi connectivity index (χ2n) is 4.46. The molecule has 2 aromatic carbocycles. The van der Waals surface area contributed by atoms with E-state index in [2.05, 4.69) is 31.9 Å². The fraction of sp³-hybridized carbons (Fsp3) is 0.200. The van der Waals surface area contributed by atoms with Crippen molar-refractivity contribution in [3.05, 3.63) is 67.9 Å². The molecule has 0 aliphatic heterocycles. The molecule has 2 aromatic rings. The van der Waals surface area contributed by atoms with Crippen LogP contribution >= 0.6 is 43.5 Å². The van der Waals surface area contributed by atoms with Crippen molar-refractivity contribution < 1.29 is 4.39 Å². The van der Waals surface area contributed by atoms with Crippen LogP contribution in [0.3, 0.4) is 0 Å². The van der Waals surface area contributed by atoms with Crippen molar-refractivity contribution in [3.63, 3.8) is 0 Å². The Morgan fingerprint density at radius 3 is 2.47 bits per heavy atom. The summed E-state index contributed by atoms with van der Waals surface area (Å²) in [7, 11) is 0. The summed E-state index contributed by atoms with van der Waals surface area (Å²) < 4.78 is 14.8. The van der Waals surface area contributed by atoms with Gasteiger partial charge in [0.2, 0.25) is 0 Å². The van der Waals surface area contributed by atoms with Crippen LogP contribution in [-0.2, 0) is 0 Å². The monoisotopic (exact) mass is 404 g/mol. The van der Waals surface area contributed by atoms with Crippen molar-refractivity contribution in [1.29, 1.82) is 0 Å². The number of hydrogen-bond acceptors (Lipinski definition) is 0. The molecule has 0 aliphatic rings. The van der Waals surface area contributed by atoms with E-state index in [4.69, 9.17) is 11.6 Å². The number of rotatable bonds is 2. The van der Waals surface area contributed by atoms with Gasteiger partial charge in [0.15, 0.2) is 0 Å². The Balaban J connectivity index is 2.56. The first-order chi connectivity index (χ1) is 8.91. The van der Waals surface area contributed by atoms with Gasteiger partial charge in [-0.2, -0.15) is 0 Å². The van der Waals surface area contributed by atoms with E-state index in [-0.39, 0.29) is 10.6 Å². The van der Waals surface area contributed by atoms with Crippen LogP contribution in [0.25, 0.3) is 0 Å². The van der Waals surface area contributed by atoms with Crippen molar-refractivity contribution in [2.24, 2.45) is 0 Å². The quantitative estimate of drug-likeness (QED) is 0.510. The van der Waals surface area contributed by atoms with Gasteiger partial charge in [0, 0.05) is 15.1 Å². The Bertz CT molecular complexity index is 606. The van der Waals surface area contributed by atoms with E-state index in [0.29, 0.717) is 5.56 Å². The lowest BCUT2D eigenvalue weighted by atomic mass is 9.98. The van der Waals surface area contributed by atoms with E-state index >= 15 is 0 Å². The highest BCUT2D eigenvalue weighted by atomic mass is 79.9. The summed E-state index contributed by atoms with van der Waals surface area (Å²) in [5, 5.41) is 0.730. The van der Waals surface area contributed by atoms with Gasteiger partial charge in [-0.25, -0.2) is 4.39 Å². The van der Waals surface area contributed by atoms with Crippen LogP contribution in [0.5, 0.6) is 0 Å². The molecule has 0 aliphatic carbocycles. The second kappa shape index (κ2) is 5.94. The van der Waals surface area contributed by atoms with Gasteiger partial charge >= 0.3 is 0 Å². The van der Waals surface area contributed by atoms with Crippen LogP contribution in [-0.4, -0.2) is 0 Å². The highest BCUT2D eigenvalue weighted by Crippen LogP contribution is 2.39. The maximum atomic E-state index is 14.0. The van der Waals surface area contributed by atoms with Gasteiger partial charge in [0.25, 0.3) is 0 Å². The third-order valence-electron chi connectivity index (χ3n) is 3.07. The summed E-state index contributed by atoms with van der Waals surface area (Å²) in [6, 6.07) is 8.89. The molecule has 0 heterocycles. The minimum absolute atomic E-state index is 0.209. The topological polar surface area (TPSA) is 0 Å². The Hall–Kier alpha value is -0.380. The molecule has 4 heteroatoms. The fourth-order valence-electron chi connectivity index (χ4n) is 1.98. The van der Waals surface area contributed by atoms with E-state index < -0.39 is 0 Å². The second-order valence-corrected chi connectivity index (χ2v) is 6.63. The van der Waals surface area contributed by atoms with Gasteiger partial charge < -0.3 is 0 Å². The van der Waals surface area contributed by atoms with E-state index in [1.54, 1.807) is 6.07 Å². The zero-order valence-corrected chi connectivity index (χ0v) is 14.4. The molecule has 100 valence electrons. The summed E-state index contributed by atoms with van der Waals surface area (Å²) in [5.41, 5.74) is 3.65. The number of alkyl halides is 1. The van der Waals surface area contributed by atoms with Gasteiger partial charge in [0.1, 0.15) is 5.82 Å². The largest absolute Gasteiger partial charge is 0.207 e. The van der Waals surface area contributed by atoms with Crippen LogP contribution in [0.2, 0.25) is 5.02 Å². The molecule has 0 fully saturated rings. The molecule has 19 heavy (non-hydrogen) atoms. The molecule has 0 saturated heterocycles. The third-order valence-corrected chi connectivity index (χ3v) is 5.12. The molecular formula is C15H12Br2ClF. The summed E-state index contributed by atoms with van der Waals surface area (Å²) in [4.78, 5) is -0.209. The molecule has 0 bridgehead atoms. The number of benzene rings is 2. The maximum absolute atomic E-state index is 14.0. The van der Waals surface area contributed by atoms with Gasteiger partial charge in [-0.3, -0.25) is 0 Å². The van der Waals surface area contributed by atoms with Crippen molar-refractivity contribution >= 4 is 43.5 Å². The lowest BCUT2D eigenvalue weighted by molar-refractivity contribution is 0.612. The smallest absolute Gasteiger partial charge is 0.129 e. The fourth-order valence-corrected chi connectivity index (χ4v) is 4.04. The molecule has 1 atom stereocenters. The summed E-state index contributed by atoms with van der Waals surface area (Å²) in [6.07, 6.45) is 0. The first kappa shape index (κ1) is 15.0. The van der Waals surface area contributed by atoms with Crippen LogP contribution in [0.15, 0.2) is 34.8 Å². The predicted molar refractivity (Wildman–Crippen MR) is 85.8 cm³/mol. The molecule has 0 N–H and O–H groups in total. The standard InChI is InChI=1S/C15H12Br2ClF/c1-8-7-12(18)9(2)6-10(8)15(17)14-11(16)4-3-5-13(14)19/h3-7,15H,1-2H3. The summed E-state index contributed by atoms with van der Waals surface area (Å²) in [6.45, 7) is 3.92. The Kier molecular flexibility index (Phi) is 4.70. The molecule has 1 unspecified atom stereocenters. The van der Waals surface area contributed by atoms with Crippen molar-refractivity contribution in [2.45, 2.75) is 18.7 Å². The lowest BCUT2D eigenvalue weighted by Gasteiger charge is -2.17. The SMILES string of the molecule is Cc1cc(C(Br)c2c(F)cccc2Br)c(C)cc1Cl. The zero-order valence-electron chi connectivity index (χ0n) is 10.5. The van der Waals surface area contributed by atoms with Gasteiger partial charge in [-0.15, -0.1) is 0 Å². The third kappa shape index (κ3) is 3.04. The lowest BCUT2D eigenvalue weighted by Crippen LogP contribution is -2.01. The highest BCUT2D eigenvalue weighted by molar-refractivity contribution is 9.11. The molecule has 0 radical (unpaired) electrons. The van der Waals surface area contributed by atoms with E-state index in [1.807, 2.05) is 32.0 Å². The molecule has 0 nitrogen and oxygen atoms in total. The van der Waals surface area contributed by atoms with Gasteiger partial charge in [0.05, 0.1) is 4.83 Å². The minimum Gasteiger partial charge on any atom is -0.207 e. The molecule has 0 aromatic heterocycles. The maximum Gasteiger partial charge on any atom is 0.129 e. The average molecular weight is 407 g/mol. The number of halogens is 4. The Morgan fingerprint density at radius 1 is 1.16 bits per heavy atom. The molecule has 0 amide bonds. The van der Waals surface area contributed by atoms with Crippen molar-refractivity contribution in [2.75, 3.05) is 0 Å². The normalized spacial score (nSPS) is 12.5. The van der Waals surface area contributed by atoms with Crippen LogP contribution in [0.1, 0.15) is 27.1 Å². The predicted octanol–water partition coefficient (Wildman–Crippen LogP) is 6.34. The van der Waals surface area contributed by atoms with Crippen LogP contribution < -0.4 is 0 Å². The van der Waals surface area contributed by atoms with Crippen LogP contribution in [0.4, 0.5) is 4.39 Å². The first-order valence-electron chi connectivity index (χ1n) is 5.76. The number of hydrogen-bond donors (Lipinski definition) is 0. The van der Waals surface area contributed by atoms with Crippen molar-refractivity contribution in [3.8, 4) is 0 Å². The summed E-state index contributed by atoms with van der Waals surface area (Å²) >= 11 is 13.1. The highest BCUT2D eigenvalue weighted by Gasteiger charge is 2.20. The van der Waals surface area contributed by atoms with E-state index in [9.17, 15) is 4.39 Å².